The Bertz CT molecular complexity index is 1250. The smallest absolute Gasteiger partial charge is 0.327 e. The van der Waals surface area contributed by atoms with Gasteiger partial charge >= 0.3 is 5.69 Å². The van der Waals surface area contributed by atoms with Crippen molar-refractivity contribution >= 4 is 22.2 Å². The Hall–Kier alpha value is -2.25. The van der Waals surface area contributed by atoms with Crippen molar-refractivity contribution in [2.45, 2.75) is 64.0 Å². The van der Waals surface area contributed by atoms with Crippen molar-refractivity contribution in [3.05, 3.63) is 54.8 Å². The summed E-state index contributed by atoms with van der Waals surface area (Å²) in [6, 6.07) is 3.50. The highest BCUT2D eigenvalue weighted by Crippen LogP contribution is 2.45. The molecule has 0 aliphatic heterocycles. The fraction of sp³-hybridized carbons (Fsp3) is 0.455. The molecule has 3 aromatic rings. The first-order valence-corrected chi connectivity index (χ1v) is 11.0. The van der Waals surface area contributed by atoms with Crippen LogP contribution in [-0.4, -0.2) is 15.6 Å². The molecule has 2 aromatic heterocycles. The van der Waals surface area contributed by atoms with Gasteiger partial charge in [-0.25, -0.2) is 9.18 Å². The van der Waals surface area contributed by atoms with Crippen LogP contribution in [0.15, 0.2) is 21.7 Å². The van der Waals surface area contributed by atoms with E-state index in [-0.39, 0.29) is 17.5 Å². The fourth-order valence-corrected chi connectivity index (χ4v) is 6.20. The van der Waals surface area contributed by atoms with E-state index in [1.807, 2.05) is 13.8 Å². The minimum absolute atomic E-state index is 0.0534. The molecule has 2 aliphatic rings. The van der Waals surface area contributed by atoms with Crippen LogP contribution in [0.5, 0.6) is 0 Å². The molecule has 0 bridgehead atoms. The number of halogens is 1. The zero-order valence-electron chi connectivity index (χ0n) is 16.5. The lowest BCUT2D eigenvalue weighted by molar-refractivity contribution is 0.489. The third kappa shape index (κ3) is 2.90. The SMILES string of the molecule is Cc1c(-c2cc3c(s2)CCCC3C(C)N)c(F)cc2c(=O)[nH]c(=O)n(C3CC3)c12. The lowest BCUT2D eigenvalue weighted by atomic mass is 9.83. The van der Waals surface area contributed by atoms with E-state index in [9.17, 15) is 9.59 Å². The van der Waals surface area contributed by atoms with Crippen LogP contribution in [0.25, 0.3) is 21.3 Å². The number of benzene rings is 1. The Kier molecular flexibility index (Phi) is 4.29. The van der Waals surface area contributed by atoms with Gasteiger partial charge in [0.25, 0.3) is 5.56 Å². The van der Waals surface area contributed by atoms with Crippen molar-refractivity contribution in [1.82, 2.24) is 9.55 Å². The maximum atomic E-state index is 15.3. The second kappa shape index (κ2) is 6.64. The van der Waals surface area contributed by atoms with Crippen molar-refractivity contribution in [1.29, 1.82) is 0 Å². The molecule has 2 aliphatic carbocycles. The highest BCUT2D eigenvalue weighted by Gasteiger charge is 2.30. The van der Waals surface area contributed by atoms with Crippen LogP contribution >= 0.6 is 11.3 Å². The van der Waals surface area contributed by atoms with E-state index in [1.165, 1.54) is 16.5 Å². The Morgan fingerprint density at radius 2 is 2.03 bits per heavy atom. The molecule has 1 fully saturated rings. The minimum atomic E-state index is -0.530. The summed E-state index contributed by atoms with van der Waals surface area (Å²) in [5.41, 5.74) is 8.23. The largest absolute Gasteiger partial charge is 0.329 e. The van der Waals surface area contributed by atoms with Crippen LogP contribution < -0.4 is 17.0 Å². The van der Waals surface area contributed by atoms with E-state index >= 15 is 4.39 Å². The molecule has 5 nitrogen and oxygen atoms in total. The highest BCUT2D eigenvalue weighted by molar-refractivity contribution is 7.15. The van der Waals surface area contributed by atoms with Gasteiger partial charge in [-0.3, -0.25) is 14.3 Å². The number of fused-ring (bicyclic) bond motifs is 2. The third-order valence-corrected chi connectivity index (χ3v) is 7.60. The molecule has 5 rings (SSSR count). The van der Waals surface area contributed by atoms with Gasteiger partial charge in [0.15, 0.2) is 0 Å². The first-order chi connectivity index (χ1) is 13.9. The number of aryl methyl sites for hydroxylation is 2. The molecule has 0 radical (unpaired) electrons. The number of rotatable bonds is 3. The molecule has 0 spiro atoms. The molecule has 2 heterocycles. The highest BCUT2D eigenvalue weighted by atomic mass is 32.1. The number of nitrogens with one attached hydrogen (secondary N) is 1. The van der Waals surface area contributed by atoms with E-state index < -0.39 is 17.1 Å². The van der Waals surface area contributed by atoms with Gasteiger partial charge in [0.05, 0.1) is 10.9 Å². The Balaban J connectivity index is 1.78. The molecule has 7 heteroatoms. The number of hydrogen-bond donors (Lipinski definition) is 2. The van der Waals surface area contributed by atoms with E-state index in [2.05, 4.69) is 11.1 Å². The molecule has 29 heavy (non-hydrogen) atoms. The van der Waals surface area contributed by atoms with E-state index in [0.717, 1.165) is 37.0 Å². The second-order valence-corrected chi connectivity index (χ2v) is 9.60. The van der Waals surface area contributed by atoms with Gasteiger partial charge in [0.1, 0.15) is 5.82 Å². The standard InChI is InChI=1S/C22H24FN3O2S/c1-10-19(18-9-14-13(11(2)24)4-3-5-17(14)29-18)16(23)8-15-20(10)26(12-6-7-12)22(28)25-21(15)27/h8-9,11-13H,3-7,24H2,1-2H3,(H,25,27,28). The van der Waals surface area contributed by atoms with Gasteiger partial charge in [-0.05, 0) is 75.1 Å². The molecule has 0 amide bonds. The van der Waals surface area contributed by atoms with Gasteiger partial charge in [0, 0.05) is 27.4 Å². The number of H-pyrrole nitrogens is 1. The van der Waals surface area contributed by atoms with E-state index in [0.29, 0.717) is 22.6 Å². The molecule has 1 aromatic carbocycles. The van der Waals surface area contributed by atoms with Crippen LogP contribution in [0.1, 0.15) is 60.6 Å². The fourth-order valence-electron chi connectivity index (χ4n) is 4.82. The molecule has 3 N–H and O–H groups in total. The summed E-state index contributed by atoms with van der Waals surface area (Å²) >= 11 is 1.62. The van der Waals surface area contributed by atoms with Gasteiger partial charge in [0.2, 0.25) is 0 Å². The molecule has 2 atom stereocenters. The zero-order chi connectivity index (χ0) is 20.4. The van der Waals surface area contributed by atoms with Crippen molar-refractivity contribution in [3.8, 4) is 10.4 Å². The summed E-state index contributed by atoms with van der Waals surface area (Å²) in [5, 5.41) is 0.241. The summed E-state index contributed by atoms with van der Waals surface area (Å²) in [5.74, 6) is -0.127. The van der Waals surface area contributed by atoms with E-state index in [4.69, 9.17) is 5.73 Å². The third-order valence-electron chi connectivity index (χ3n) is 6.37. The van der Waals surface area contributed by atoms with Crippen LogP contribution in [0.4, 0.5) is 4.39 Å². The number of hydrogen-bond acceptors (Lipinski definition) is 4. The van der Waals surface area contributed by atoms with Crippen LogP contribution in [0, 0.1) is 12.7 Å². The molecule has 2 unspecified atom stereocenters. The maximum Gasteiger partial charge on any atom is 0.329 e. The lowest BCUT2D eigenvalue weighted by Gasteiger charge is -2.25. The molecular weight excluding hydrogens is 389 g/mol. The van der Waals surface area contributed by atoms with Crippen LogP contribution in [0.2, 0.25) is 0 Å². The quantitative estimate of drug-likeness (QED) is 0.682. The predicted molar refractivity (Wildman–Crippen MR) is 114 cm³/mol. The summed E-state index contributed by atoms with van der Waals surface area (Å²) in [7, 11) is 0. The summed E-state index contributed by atoms with van der Waals surface area (Å²) in [6.07, 6.45) is 4.93. The Labute approximate surface area is 171 Å². The molecular formula is C22H24FN3O2S. The van der Waals surface area contributed by atoms with Gasteiger partial charge < -0.3 is 5.73 Å². The summed E-state index contributed by atoms with van der Waals surface area (Å²) in [6.45, 7) is 3.85. The molecule has 152 valence electrons. The molecule has 0 saturated heterocycles. The summed E-state index contributed by atoms with van der Waals surface area (Å²) < 4.78 is 16.9. The van der Waals surface area contributed by atoms with Crippen molar-refractivity contribution < 1.29 is 4.39 Å². The topological polar surface area (TPSA) is 80.9 Å². The van der Waals surface area contributed by atoms with E-state index in [1.54, 1.807) is 15.9 Å². The number of aromatic amines is 1. The minimum Gasteiger partial charge on any atom is -0.327 e. The van der Waals surface area contributed by atoms with Gasteiger partial charge in [-0.2, -0.15) is 0 Å². The predicted octanol–water partition coefficient (Wildman–Crippen LogP) is 3.97. The van der Waals surface area contributed by atoms with Crippen molar-refractivity contribution in [3.63, 3.8) is 0 Å². The average Bonchev–Trinajstić information content (AvgIpc) is 3.40. The van der Waals surface area contributed by atoms with Crippen LogP contribution in [-0.2, 0) is 6.42 Å². The number of thiophene rings is 1. The van der Waals surface area contributed by atoms with Crippen molar-refractivity contribution in [2.75, 3.05) is 0 Å². The normalized spacial score (nSPS) is 20.1. The lowest BCUT2D eigenvalue weighted by Crippen LogP contribution is -2.30. The molecule has 1 saturated carbocycles. The maximum absolute atomic E-state index is 15.3. The van der Waals surface area contributed by atoms with Gasteiger partial charge in [-0.1, -0.05) is 0 Å². The summed E-state index contributed by atoms with van der Waals surface area (Å²) in [4.78, 5) is 29.4. The average molecular weight is 414 g/mol. The van der Waals surface area contributed by atoms with Crippen LogP contribution in [0.3, 0.4) is 0 Å². The van der Waals surface area contributed by atoms with Crippen molar-refractivity contribution in [2.24, 2.45) is 5.73 Å². The first-order valence-electron chi connectivity index (χ1n) is 10.2. The second-order valence-electron chi connectivity index (χ2n) is 8.46. The monoisotopic (exact) mass is 413 g/mol. The number of nitrogens with zero attached hydrogens (tertiary/aromatic N) is 1. The number of nitrogens with two attached hydrogens (primary N) is 1. The Morgan fingerprint density at radius 3 is 2.72 bits per heavy atom. The number of aromatic nitrogens is 2. The van der Waals surface area contributed by atoms with Gasteiger partial charge in [-0.15, -0.1) is 11.3 Å². The zero-order valence-corrected chi connectivity index (χ0v) is 17.4. The first kappa shape index (κ1) is 18.8. The Morgan fingerprint density at radius 1 is 1.28 bits per heavy atom.